The van der Waals surface area contributed by atoms with Crippen molar-refractivity contribution in [2.75, 3.05) is 6.54 Å². The fourth-order valence-corrected chi connectivity index (χ4v) is 4.00. The van der Waals surface area contributed by atoms with Gasteiger partial charge >= 0.3 is 11.6 Å². The summed E-state index contributed by atoms with van der Waals surface area (Å²) >= 11 is 0. The number of hydrogen-bond acceptors (Lipinski definition) is 5. The van der Waals surface area contributed by atoms with Crippen molar-refractivity contribution in [3.8, 4) is 5.75 Å². The van der Waals surface area contributed by atoms with Crippen molar-refractivity contribution in [1.29, 1.82) is 0 Å². The van der Waals surface area contributed by atoms with Crippen LogP contribution in [0.25, 0.3) is 11.0 Å². The molecule has 1 aromatic heterocycles. The molecular weight excluding hydrogens is 386 g/mol. The lowest BCUT2D eigenvalue weighted by Gasteiger charge is -2.26. The summed E-state index contributed by atoms with van der Waals surface area (Å²) in [4.78, 5) is 35.6. The molecule has 7 heteroatoms. The van der Waals surface area contributed by atoms with E-state index in [2.05, 4.69) is 5.32 Å². The average molecular weight is 415 g/mol. The fourth-order valence-electron chi connectivity index (χ4n) is 4.00. The van der Waals surface area contributed by atoms with Gasteiger partial charge < -0.3 is 19.6 Å². The Morgan fingerprint density at radius 3 is 2.43 bits per heavy atom. The van der Waals surface area contributed by atoms with Gasteiger partial charge in [-0.3, -0.25) is 9.59 Å². The molecule has 1 fully saturated rings. The Morgan fingerprint density at radius 1 is 1.13 bits per heavy atom. The second-order valence-electron chi connectivity index (χ2n) is 8.27. The molecule has 7 nitrogen and oxygen atoms in total. The maximum atomic E-state index is 12.5. The van der Waals surface area contributed by atoms with E-state index in [1.807, 2.05) is 13.0 Å². The van der Waals surface area contributed by atoms with Crippen LogP contribution in [-0.2, 0) is 9.59 Å². The number of rotatable bonds is 6. The molecule has 1 atom stereocenters. The van der Waals surface area contributed by atoms with E-state index in [1.54, 1.807) is 26.8 Å². The quantitative estimate of drug-likeness (QED) is 0.700. The molecule has 0 aliphatic heterocycles. The van der Waals surface area contributed by atoms with Gasteiger partial charge in [0.2, 0.25) is 0 Å². The molecule has 1 aromatic carbocycles. The van der Waals surface area contributed by atoms with Crippen molar-refractivity contribution in [3.63, 3.8) is 0 Å². The van der Waals surface area contributed by atoms with Gasteiger partial charge in [-0.15, -0.1) is 0 Å². The van der Waals surface area contributed by atoms with Crippen LogP contribution in [0.15, 0.2) is 21.3 Å². The highest BCUT2D eigenvalue weighted by atomic mass is 16.5. The topological polar surface area (TPSA) is 106 Å². The van der Waals surface area contributed by atoms with Crippen LogP contribution in [0.2, 0.25) is 0 Å². The minimum Gasteiger partial charge on any atom is -0.481 e. The van der Waals surface area contributed by atoms with Crippen molar-refractivity contribution in [2.24, 2.45) is 11.8 Å². The molecule has 30 heavy (non-hydrogen) atoms. The van der Waals surface area contributed by atoms with Crippen LogP contribution in [0.5, 0.6) is 5.75 Å². The lowest BCUT2D eigenvalue weighted by molar-refractivity contribution is -0.143. The number of ether oxygens (including phenoxy) is 1. The number of benzene rings is 1. The van der Waals surface area contributed by atoms with Crippen molar-refractivity contribution in [1.82, 2.24) is 5.32 Å². The second kappa shape index (κ2) is 8.90. The first-order valence-electron chi connectivity index (χ1n) is 10.4. The standard InChI is InChI=1S/C23H29NO6/c1-12-13(2)23(28)30-20-14(3)19(10-9-18(12)20)29-15(4)21(25)24-11-16-5-7-17(8-6-16)22(26)27/h9-10,15-17H,5-8,11H2,1-4H3,(H,24,25)(H,26,27). The molecule has 1 amide bonds. The van der Waals surface area contributed by atoms with E-state index in [0.717, 1.165) is 23.8 Å². The molecule has 0 spiro atoms. The van der Waals surface area contributed by atoms with Crippen LogP contribution in [0.1, 0.15) is 49.3 Å². The molecule has 0 bridgehead atoms. The van der Waals surface area contributed by atoms with Crippen LogP contribution >= 0.6 is 0 Å². The van der Waals surface area contributed by atoms with Gasteiger partial charge in [0, 0.05) is 23.1 Å². The molecule has 0 radical (unpaired) electrons. The minimum absolute atomic E-state index is 0.226. The molecule has 3 rings (SSSR count). The molecule has 162 valence electrons. The zero-order valence-electron chi connectivity index (χ0n) is 17.9. The Kier molecular flexibility index (Phi) is 6.48. The lowest BCUT2D eigenvalue weighted by atomic mass is 9.82. The highest BCUT2D eigenvalue weighted by Gasteiger charge is 2.26. The number of aliphatic carboxylic acids is 1. The second-order valence-corrected chi connectivity index (χ2v) is 8.27. The van der Waals surface area contributed by atoms with Gasteiger partial charge in [-0.25, -0.2) is 4.79 Å². The van der Waals surface area contributed by atoms with Gasteiger partial charge in [0.05, 0.1) is 5.92 Å². The number of fused-ring (bicyclic) bond motifs is 1. The monoisotopic (exact) mass is 415 g/mol. The van der Waals surface area contributed by atoms with E-state index in [1.165, 1.54) is 0 Å². The van der Waals surface area contributed by atoms with E-state index in [-0.39, 0.29) is 17.5 Å². The van der Waals surface area contributed by atoms with E-state index in [0.29, 0.717) is 47.8 Å². The summed E-state index contributed by atoms with van der Waals surface area (Å²) < 4.78 is 11.3. The zero-order valence-corrected chi connectivity index (χ0v) is 17.9. The van der Waals surface area contributed by atoms with Crippen molar-refractivity contribution >= 4 is 22.8 Å². The maximum absolute atomic E-state index is 12.5. The number of hydrogen-bond donors (Lipinski definition) is 2. The Bertz CT molecular complexity index is 1020. The van der Waals surface area contributed by atoms with Gasteiger partial charge in [-0.2, -0.15) is 0 Å². The average Bonchev–Trinajstić information content (AvgIpc) is 2.73. The lowest BCUT2D eigenvalue weighted by Crippen LogP contribution is -2.39. The first kappa shape index (κ1) is 21.9. The van der Waals surface area contributed by atoms with Gasteiger partial charge in [0.25, 0.3) is 5.91 Å². The van der Waals surface area contributed by atoms with Crippen LogP contribution in [-0.4, -0.2) is 29.6 Å². The summed E-state index contributed by atoms with van der Waals surface area (Å²) in [6.07, 6.45) is 2.20. The van der Waals surface area contributed by atoms with E-state index in [9.17, 15) is 14.4 Å². The smallest absolute Gasteiger partial charge is 0.339 e. The van der Waals surface area contributed by atoms with E-state index < -0.39 is 12.1 Å². The SMILES string of the molecule is Cc1c(C)c2ccc(OC(C)C(=O)NCC3CCC(C(=O)O)CC3)c(C)c2oc1=O. The molecule has 1 heterocycles. The molecule has 2 aromatic rings. The zero-order chi connectivity index (χ0) is 22.0. The highest BCUT2D eigenvalue weighted by Crippen LogP contribution is 2.30. The van der Waals surface area contributed by atoms with Crippen LogP contribution < -0.4 is 15.7 Å². The Morgan fingerprint density at radius 2 is 1.80 bits per heavy atom. The van der Waals surface area contributed by atoms with Gasteiger partial charge in [-0.1, -0.05) is 0 Å². The number of carbonyl (C=O) groups excluding carboxylic acids is 1. The Balaban J connectivity index is 1.62. The molecule has 1 aliphatic rings. The summed E-state index contributed by atoms with van der Waals surface area (Å²) in [6.45, 7) is 7.62. The summed E-state index contributed by atoms with van der Waals surface area (Å²) in [6, 6.07) is 3.63. The molecule has 1 saturated carbocycles. The summed E-state index contributed by atoms with van der Waals surface area (Å²) in [5.41, 5.74) is 2.24. The van der Waals surface area contributed by atoms with Crippen LogP contribution in [0, 0.1) is 32.6 Å². The van der Waals surface area contributed by atoms with Crippen molar-refractivity contribution in [2.45, 2.75) is 59.5 Å². The molecule has 1 unspecified atom stereocenters. The van der Waals surface area contributed by atoms with Crippen molar-refractivity contribution < 1.29 is 23.8 Å². The number of carbonyl (C=O) groups is 2. The van der Waals surface area contributed by atoms with Crippen molar-refractivity contribution in [3.05, 3.63) is 39.2 Å². The summed E-state index contributed by atoms with van der Waals surface area (Å²) in [5.74, 6) is -0.427. The third-order valence-corrected chi connectivity index (χ3v) is 6.26. The largest absolute Gasteiger partial charge is 0.481 e. The maximum Gasteiger partial charge on any atom is 0.339 e. The Hall–Kier alpha value is -2.83. The predicted octanol–water partition coefficient (Wildman–Crippen LogP) is 3.49. The Labute approximate surface area is 175 Å². The predicted molar refractivity (Wildman–Crippen MR) is 113 cm³/mol. The van der Waals surface area contributed by atoms with Gasteiger partial charge in [0.15, 0.2) is 6.10 Å². The first-order valence-corrected chi connectivity index (χ1v) is 10.4. The summed E-state index contributed by atoms with van der Waals surface area (Å²) in [5, 5.41) is 12.8. The number of nitrogens with one attached hydrogen (secondary N) is 1. The number of amides is 1. The highest BCUT2D eigenvalue weighted by molar-refractivity contribution is 5.86. The normalized spacial score (nSPS) is 20.0. The third kappa shape index (κ3) is 4.50. The number of carboxylic acid groups (broad SMARTS) is 1. The first-order chi connectivity index (χ1) is 14.2. The molecule has 1 aliphatic carbocycles. The van der Waals surface area contributed by atoms with E-state index in [4.69, 9.17) is 14.3 Å². The van der Waals surface area contributed by atoms with Gasteiger partial charge in [0.1, 0.15) is 11.3 Å². The van der Waals surface area contributed by atoms with E-state index >= 15 is 0 Å². The van der Waals surface area contributed by atoms with Crippen LogP contribution in [0.3, 0.4) is 0 Å². The summed E-state index contributed by atoms with van der Waals surface area (Å²) in [7, 11) is 0. The van der Waals surface area contributed by atoms with Gasteiger partial charge in [-0.05, 0) is 77.0 Å². The number of carboxylic acids is 1. The third-order valence-electron chi connectivity index (χ3n) is 6.26. The molecule has 2 N–H and O–H groups in total. The minimum atomic E-state index is -0.730. The fraction of sp³-hybridized carbons (Fsp3) is 0.522. The molecular formula is C23H29NO6. The number of aryl methyl sites for hydroxylation is 2. The van der Waals surface area contributed by atoms with Crippen LogP contribution in [0.4, 0.5) is 0 Å². The molecule has 0 saturated heterocycles.